The van der Waals surface area contributed by atoms with Gasteiger partial charge in [-0.2, -0.15) is 0 Å². The van der Waals surface area contributed by atoms with Gasteiger partial charge >= 0.3 is 0 Å². The molecule has 2 aliphatic rings. The Labute approximate surface area is 240 Å². The maximum Gasteiger partial charge on any atom is 0.242 e. The molecule has 2 amide bonds. The van der Waals surface area contributed by atoms with Crippen molar-refractivity contribution in [2.24, 2.45) is 0 Å². The Morgan fingerprint density at radius 3 is 1.76 bits per heavy atom. The summed E-state index contributed by atoms with van der Waals surface area (Å²) >= 11 is 0. The third-order valence-corrected chi connectivity index (χ3v) is 8.60. The van der Waals surface area contributed by atoms with Crippen LogP contribution < -0.4 is 0 Å². The second-order valence-corrected chi connectivity index (χ2v) is 10.9. The zero-order valence-electron chi connectivity index (χ0n) is 23.0. The van der Waals surface area contributed by atoms with Crippen LogP contribution in [0.5, 0.6) is 0 Å². The fourth-order valence-electron chi connectivity index (χ4n) is 6.47. The second kappa shape index (κ2) is 11.7. The van der Waals surface area contributed by atoms with Crippen molar-refractivity contribution in [3.63, 3.8) is 0 Å². The fraction of sp³-hybridized carbons (Fsp3) is 0.257. The molecule has 2 heterocycles. The fourth-order valence-corrected chi connectivity index (χ4v) is 6.47. The number of likely N-dealkylation sites (tertiary alicyclic amines) is 1. The smallest absolute Gasteiger partial charge is 0.242 e. The topological polar surface area (TPSA) is 43.9 Å². The van der Waals surface area contributed by atoms with E-state index in [1.807, 2.05) is 95.9 Å². The van der Waals surface area contributed by atoms with Crippen LogP contribution in [-0.2, 0) is 15.0 Å². The highest BCUT2D eigenvalue weighted by Crippen LogP contribution is 2.42. The molecular weight excluding hydrogens is 513 g/mol. The molecule has 4 aromatic rings. The third kappa shape index (κ3) is 5.27. The van der Waals surface area contributed by atoms with Gasteiger partial charge in [0, 0.05) is 32.7 Å². The lowest BCUT2D eigenvalue weighted by molar-refractivity contribution is -0.141. The standard InChI is InChI=1S/C35H34FN3O2/c36-31-18-16-28(17-19-31)33(27-10-4-1-5-11-27)38-24-22-37(23-25-38)32(40)26-39-21-20-35(34(39)41,29-12-6-2-7-13-29)30-14-8-3-9-15-30/h1-19,33H,20-26H2. The highest BCUT2D eigenvalue weighted by atomic mass is 19.1. The number of halogens is 1. The first-order valence-electron chi connectivity index (χ1n) is 14.3. The number of nitrogens with zero attached hydrogens (tertiary/aromatic N) is 3. The van der Waals surface area contributed by atoms with Crippen LogP contribution in [-0.4, -0.2) is 65.8 Å². The molecule has 2 fully saturated rings. The first-order valence-corrected chi connectivity index (χ1v) is 14.3. The van der Waals surface area contributed by atoms with E-state index in [4.69, 9.17) is 0 Å². The van der Waals surface area contributed by atoms with Gasteiger partial charge in [0.05, 0.1) is 12.6 Å². The van der Waals surface area contributed by atoms with Crippen molar-refractivity contribution < 1.29 is 14.0 Å². The second-order valence-electron chi connectivity index (χ2n) is 10.9. The van der Waals surface area contributed by atoms with Gasteiger partial charge in [-0.05, 0) is 40.8 Å². The summed E-state index contributed by atoms with van der Waals surface area (Å²) in [6.45, 7) is 3.15. The van der Waals surface area contributed by atoms with Gasteiger partial charge in [-0.25, -0.2) is 4.39 Å². The predicted octanol–water partition coefficient (Wildman–Crippen LogP) is 5.28. The number of carbonyl (C=O) groups is 2. The summed E-state index contributed by atoms with van der Waals surface area (Å²) in [5, 5.41) is 0. The number of amides is 2. The molecule has 1 atom stereocenters. The molecule has 5 nitrogen and oxygen atoms in total. The molecular formula is C35H34FN3O2. The predicted molar refractivity (Wildman–Crippen MR) is 158 cm³/mol. The number of piperazine rings is 1. The van der Waals surface area contributed by atoms with Crippen LogP contribution in [0, 0.1) is 5.82 Å². The number of rotatable bonds is 7. The highest BCUT2D eigenvalue weighted by molar-refractivity contribution is 5.96. The van der Waals surface area contributed by atoms with Gasteiger partial charge in [-0.1, -0.05) is 103 Å². The molecule has 0 aromatic heterocycles. The van der Waals surface area contributed by atoms with E-state index in [1.165, 1.54) is 12.1 Å². The number of benzene rings is 4. The van der Waals surface area contributed by atoms with Crippen LogP contribution in [0.3, 0.4) is 0 Å². The highest BCUT2D eigenvalue weighted by Gasteiger charge is 2.49. The normalized spacial score (nSPS) is 17.9. The van der Waals surface area contributed by atoms with Gasteiger partial charge in [0.2, 0.25) is 11.8 Å². The molecule has 0 spiro atoms. The van der Waals surface area contributed by atoms with Gasteiger partial charge in [0.25, 0.3) is 0 Å². The molecule has 0 saturated carbocycles. The van der Waals surface area contributed by atoms with Gasteiger partial charge in [-0.15, -0.1) is 0 Å². The molecule has 4 aromatic carbocycles. The monoisotopic (exact) mass is 547 g/mol. The maximum absolute atomic E-state index is 14.0. The molecule has 0 aliphatic carbocycles. The van der Waals surface area contributed by atoms with Gasteiger partial charge in [0.1, 0.15) is 11.2 Å². The molecule has 2 saturated heterocycles. The Morgan fingerprint density at radius 2 is 1.20 bits per heavy atom. The van der Waals surface area contributed by atoms with Gasteiger partial charge in [-0.3, -0.25) is 14.5 Å². The van der Waals surface area contributed by atoms with E-state index in [-0.39, 0.29) is 30.2 Å². The van der Waals surface area contributed by atoms with Gasteiger partial charge < -0.3 is 9.80 Å². The van der Waals surface area contributed by atoms with Crippen molar-refractivity contribution in [1.29, 1.82) is 0 Å². The molecule has 2 aliphatic heterocycles. The first-order chi connectivity index (χ1) is 20.1. The zero-order valence-corrected chi connectivity index (χ0v) is 23.0. The molecule has 1 unspecified atom stereocenters. The van der Waals surface area contributed by atoms with Crippen molar-refractivity contribution in [3.8, 4) is 0 Å². The summed E-state index contributed by atoms with van der Waals surface area (Å²) in [6, 6.07) is 36.7. The van der Waals surface area contributed by atoms with E-state index < -0.39 is 5.41 Å². The minimum Gasteiger partial charge on any atom is -0.339 e. The van der Waals surface area contributed by atoms with Crippen LogP contribution in [0.25, 0.3) is 0 Å². The average molecular weight is 548 g/mol. The van der Waals surface area contributed by atoms with E-state index in [0.29, 0.717) is 39.1 Å². The van der Waals surface area contributed by atoms with E-state index >= 15 is 0 Å². The SMILES string of the molecule is O=C(CN1CCC(c2ccccc2)(c2ccccc2)C1=O)N1CCN(C(c2ccccc2)c2ccc(F)cc2)CC1. The molecule has 6 heteroatoms. The van der Waals surface area contributed by atoms with Crippen molar-refractivity contribution >= 4 is 11.8 Å². The van der Waals surface area contributed by atoms with Crippen LogP contribution in [0.4, 0.5) is 4.39 Å². The molecule has 0 radical (unpaired) electrons. The molecule has 41 heavy (non-hydrogen) atoms. The first kappa shape index (κ1) is 26.9. The Morgan fingerprint density at radius 1 is 0.683 bits per heavy atom. The van der Waals surface area contributed by atoms with Crippen LogP contribution >= 0.6 is 0 Å². The van der Waals surface area contributed by atoms with Crippen molar-refractivity contribution in [2.45, 2.75) is 17.9 Å². The van der Waals surface area contributed by atoms with Crippen LogP contribution in [0.1, 0.15) is 34.7 Å². The van der Waals surface area contributed by atoms with E-state index in [1.54, 1.807) is 4.90 Å². The summed E-state index contributed by atoms with van der Waals surface area (Å²) in [4.78, 5) is 33.5. The lowest BCUT2D eigenvalue weighted by atomic mass is 9.73. The molecule has 6 rings (SSSR count). The van der Waals surface area contributed by atoms with Gasteiger partial charge in [0.15, 0.2) is 0 Å². The van der Waals surface area contributed by atoms with Crippen molar-refractivity contribution in [2.75, 3.05) is 39.3 Å². The summed E-state index contributed by atoms with van der Waals surface area (Å²) in [6.07, 6.45) is 0.636. The quantitative estimate of drug-likeness (QED) is 0.316. The van der Waals surface area contributed by atoms with Crippen molar-refractivity contribution in [3.05, 3.63) is 143 Å². The average Bonchev–Trinajstić information content (AvgIpc) is 3.36. The Hall–Kier alpha value is -4.29. The van der Waals surface area contributed by atoms with Crippen LogP contribution in [0.2, 0.25) is 0 Å². The van der Waals surface area contributed by atoms with Crippen molar-refractivity contribution in [1.82, 2.24) is 14.7 Å². The maximum atomic E-state index is 14.0. The minimum absolute atomic E-state index is 0.0117. The minimum atomic E-state index is -0.778. The lowest BCUT2D eigenvalue weighted by Crippen LogP contribution is -2.52. The Balaban J connectivity index is 1.15. The summed E-state index contributed by atoms with van der Waals surface area (Å²) in [5.74, 6) is -0.286. The number of carbonyl (C=O) groups excluding carboxylic acids is 2. The number of hydrogen-bond donors (Lipinski definition) is 0. The molecule has 0 N–H and O–H groups in total. The summed E-state index contributed by atoms with van der Waals surface area (Å²) in [5.41, 5.74) is 3.32. The largest absolute Gasteiger partial charge is 0.339 e. The third-order valence-electron chi connectivity index (χ3n) is 8.60. The molecule has 208 valence electrons. The van der Waals surface area contributed by atoms with E-state index in [2.05, 4.69) is 17.0 Å². The lowest BCUT2D eigenvalue weighted by Gasteiger charge is -2.40. The summed E-state index contributed by atoms with van der Waals surface area (Å²) in [7, 11) is 0. The Kier molecular flexibility index (Phi) is 7.66. The zero-order chi connectivity index (χ0) is 28.2. The summed E-state index contributed by atoms with van der Waals surface area (Å²) < 4.78 is 13.7. The Bertz CT molecular complexity index is 1430. The van der Waals surface area contributed by atoms with E-state index in [9.17, 15) is 14.0 Å². The molecule has 0 bridgehead atoms. The van der Waals surface area contributed by atoms with Crippen LogP contribution in [0.15, 0.2) is 115 Å². The van der Waals surface area contributed by atoms with E-state index in [0.717, 1.165) is 22.3 Å². The number of hydrogen-bond acceptors (Lipinski definition) is 3.